The fourth-order valence-electron chi connectivity index (χ4n) is 2.75. The Morgan fingerprint density at radius 3 is 2.57 bits per heavy atom. The van der Waals surface area contributed by atoms with E-state index in [1.54, 1.807) is 11.8 Å². The number of hydrogen-bond acceptors (Lipinski definition) is 4. The number of benzene rings is 1. The summed E-state index contributed by atoms with van der Waals surface area (Å²) in [6.07, 6.45) is -0.427. The molecular weight excluding hydrogens is 270 g/mol. The van der Waals surface area contributed by atoms with Gasteiger partial charge in [0.15, 0.2) is 0 Å². The van der Waals surface area contributed by atoms with E-state index >= 15 is 0 Å². The molecule has 0 spiro atoms. The molecule has 21 heavy (non-hydrogen) atoms. The largest absolute Gasteiger partial charge is 0.445 e. The van der Waals surface area contributed by atoms with Crippen molar-refractivity contribution in [2.24, 2.45) is 0 Å². The first-order chi connectivity index (χ1) is 9.89. The Bertz CT molecular complexity index is 488. The summed E-state index contributed by atoms with van der Waals surface area (Å²) < 4.78 is 10.9. The van der Waals surface area contributed by atoms with Gasteiger partial charge in [0.25, 0.3) is 0 Å². The zero-order chi connectivity index (χ0) is 15.5. The highest BCUT2D eigenvalue weighted by atomic mass is 16.6. The van der Waals surface area contributed by atoms with Crippen LogP contribution in [-0.2, 0) is 16.1 Å². The second kappa shape index (κ2) is 6.03. The SMILES string of the molecule is CC1(C)COCC(C)(CO)N1C(=O)OCc1ccccc1. The third-order valence-corrected chi connectivity index (χ3v) is 3.74. The second-order valence-electron chi connectivity index (χ2n) is 6.34. The number of carbonyl (C=O) groups excluding carboxylic acids is 1. The van der Waals surface area contributed by atoms with Gasteiger partial charge in [-0.15, -0.1) is 0 Å². The quantitative estimate of drug-likeness (QED) is 0.928. The first-order valence-corrected chi connectivity index (χ1v) is 7.09. The van der Waals surface area contributed by atoms with Crippen LogP contribution in [0.2, 0.25) is 0 Å². The highest BCUT2D eigenvalue weighted by Gasteiger charge is 2.48. The van der Waals surface area contributed by atoms with Gasteiger partial charge in [-0.1, -0.05) is 30.3 Å². The lowest BCUT2D eigenvalue weighted by Crippen LogP contribution is -2.68. The number of amides is 1. The average Bonchev–Trinajstić information content (AvgIpc) is 2.45. The maximum absolute atomic E-state index is 12.5. The maximum Gasteiger partial charge on any atom is 0.411 e. The topological polar surface area (TPSA) is 59.0 Å². The number of aliphatic hydroxyl groups is 1. The van der Waals surface area contributed by atoms with E-state index in [1.807, 2.05) is 44.2 Å². The molecule has 1 saturated heterocycles. The van der Waals surface area contributed by atoms with Crippen molar-refractivity contribution in [2.75, 3.05) is 19.8 Å². The minimum atomic E-state index is -0.768. The molecule has 1 atom stereocenters. The second-order valence-corrected chi connectivity index (χ2v) is 6.34. The summed E-state index contributed by atoms with van der Waals surface area (Å²) in [6, 6.07) is 9.53. The molecule has 1 fully saturated rings. The molecule has 0 aliphatic carbocycles. The van der Waals surface area contributed by atoms with E-state index < -0.39 is 17.2 Å². The number of morpholine rings is 1. The summed E-state index contributed by atoms with van der Waals surface area (Å²) in [6.45, 7) is 6.38. The summed E-state index contributed by atoms with van der Waals surface area (Å²) in [7, 11) is 0. The predicted molar refractivity (Wildman–Crippen MR) is 78.9 cm³/mol. The molecule has 1 aromatic rings. The van der Waals surface area contributed by atoms with Crippen LogP contribution in [0.4, 0.5) is 4.79 Å². The van der Waals surface area contributed by atoms with E-state index in [0.29, 0.717) is 13.2 Å². The predicted octanol–water partition coefficient (Wildman–Crippen LogP) is 2.18. The van der Waals surface area contributed by atoms with Crippen LogP contribution in [0.5, 0.6) is 0 Å². The molecule has 1 unspecified atom stereocenters. The smallest absolute Gasteiger partial charge is 0.411 e. The van der Waals surface area contributed by atoms with Crippen molar-refractivity contribution in [2.45, 2.75) is 38.5 Å². The highest BCUT2D eigenvalue weighted by molar-refractivity contribution is 5.70. The van der Waals surface area contributed by atoms with Crippen LogP contribution in [0.25, 0.3) is 0 Å². The van der Waals surface area contributed by atoms with Gasteiger partial charge < -0.3 is 14.6 Å². The lowest BCUT2D eigenvalue weighted by Gasteiger charge is -2.51. The molecule has 1 aromatic carbocycles. The molecule has 1 amide bonds. The molecule has 0 bridgehead atoms. The first-order valence-electron chi connectivity index (χ1n) is 7.09. The Kier molecular flexibility index (Phi) is 4.54. The van der Waals surface area contributed by atoms with Crippen LogP contribution in [0.3, 0.4) is 0 Å². The summed E-state index contributed by atoms with van der Waals surface area (Å²) in [5.41, 5.74) is -0.360. The Balaban J connectivity index is 2.10. The molecule has 0 aromatic heterocycles. The monoisotopic (exact) mass is 293 g/mol. The Labute approximate surface area is 125 Å². The van der Waals surface area contributed by atoms with Gasteiger partial charge in [0.05, 0.1) is 30.9 Å². The van der Waals surface area contributed by atoms with Crippen LogP contribution in [0.1, 0.15) is 26.3 Å². The first kappa shape index (κ1) is 15.8. The number of aliphatic hydroxyl groups excluding tert-OH is 1. The van der Waals surface area contributed by atoms with E-state index in [2.05, 4.69) is 0 Å². The van der Waals surface area contributed by atoms with Crippen molar-refractivity contribution >= 4 is 6.09 Å². The Morgan fingerprint density at radius 1 is 1.29 bits per heavy atom. The molecule has 2 rings (SSSR count). The van der Waals surface area contributed by atoms with Crippen molar-refractivity contribution in [3.63, 3.8) is 0 Å². The van der Waals surface area contributed by atoms with Gasteiger partial charge >= 0.3 is 6.09 Å². The minimum absolute atomic E-state index is 0.170. The summed E-state index contributed by atoms with van der Waals surface area (Å²) in [5, 5.41) is 9.66. The van der Waals surface area contributed by atoms with E-state index in [0.717, 1.165) is 5.56 Å². The lowest BCUT2D eigenvalue weighted by atomic mass is 9.91. The molecule has 0 saturated carbocycles. The molecular formula is C16H23NO4. The molecule has 5 heteroatoms. The molecule has 1 aliphatic rings. The van der Waals surface area contributed by atoms with E-state index in [1.165, 1.54) is 0 Å². The van der Waals surface area contributed by atoms with Gasteiger partial charge in [-0.05, 0) is 26.3 Å². The zero-order valence-electron chi connectivity index (χ0n) is 12.8. The van der Waals surface area contributed by atoms with Crippen molar-refractivity contribution in [1.29, 1.82) is 0 Å². The van der Waals surface area contributed by atoms with E-state index in [9.17, 15) is 9.90 Å². The average molecular weight is 293 g/mol. The van der Waals surface area contributed by atoms with E-state index in [-0.39, 0.29) is 13.2 Å². The molecule has 1 heterocycles. The Hall–Kier alpha value is -1.59. The van der Waals surface area contributed by atoms with Crippen LogP contribution in [0.15, 0.2) is 30.3 Å². The van der Waals surface area contributed by atoms with Gasteiger partial charge in [0, 0.05) is 0 Å². The number of hydrogen-bond donors (Lipinski definition) is 1. The third kappa shape index (κ3) is 3.36. The van der Waals surface area contributed by atoms with Crippen LogP contribution >= 0.6 is 0 Å². The number of carbonyl (C=O) groups is 1. The number of ether oxygens (including phenoxy) is 2. The van der Waals surface area contributed by atoms with E-state index in [4.69, 9.17) is 9.47 Å². The summed E-state index contributed by atoms with van der Waals surface area (Å²) >= 11 is 0. The van der Waals surface area contributed by atoms with Crippen molar-refractivity contribution in [3.05, 3.63) is 35.9 Å². The van der Waals surface area contributed by atoms with Crippen LogP contribution in [-0.4, -0.2) is 47.0 Å². The zero-order valence-corrected chi connectivity index (χ0v) is 12.8. The fraction of sp³-hybridized carbons (Fsp3) is 0.562. The summed E-state index contributed by atoms with van der Waals surface area (Å²) in [4.78, 5) is 14.1. The van der Waals surface area contributed by atoms with Gasteiger partial charge in [-0.3, -0.25) is 4.90 Å². The lowest BCUT2D eigenvalue weighted by molar-refractivity contribution is -0.135. The third-order valence-electron chi connectivity index (χ3n) is 3.74. The van der Waals surface area contributed by atoms with Crippen molar-refractivity contribution < 1.29 is 19.4 Å². The van der Waals surface area contributed by atoms with Gasteiger partial charge in [-0.25, -0.2) is 4.79 Å². The van der Waals surface area contributed by atoms with Crippen molar-refractivity contribution in [1.82, 2.24) is 4.90 Å². The maximum atomic E-state index is 12.5. The molecule has 0 radical (unpaired) electrons. The Morgan fingerprint density at radius 2 is 1.95 bits per heavy atom. The van der Waals surface area contributed by atoms with Gasteiger partial charge in [-0.2, -0.15) is 0 Å². The molecule has 1 N–H and O–H groups in total. The molecule has 1 aliphatic heterocycles. The van der Waals surface area contributed by atoms with Gasteiger partial charge in [0.2, 0.25) is 0 Å². The summed E-state index contributed by atoms with van der Waals surface area (Å²) in [5.74, 6) is 0. The highest BCUT2D eigenvalue weighted by Crippen LogP contribution is 2.31. The molecule has 116 valence electrons. The van der Waals surface area contributed by atoms with Crippen LogP contribution < -0.4 is 0 Å². The van der Waals surface area contributed by atoms with Crippen molar-refractivity contribution in [3.8, 4) is 0 Å². The molecule has 5 nitrogen and oxygen atoms in total. The fourth-order valence-corrected chi connectivity index (χ4v) is 2.75. The normalized spacial score (nSPS) is 24.7. The minimum Gasteiger partial charge on any atom is -0.445 e. The number of rotatable bonds is 3. The van der Waals surface area contributed by atoms with Crippen LogP contribution in [0, 0.1) is 0 Å². The standard InChI is InChI=1S/C16H23NO4/c1-15(2)11-20-12-16(3,10-18)17(15)14(19)21-9-13-7-5-4-6-8-13/h4-8,18H,9-12H2,1-3H3. The number of nitrogens with zero attached hydrogens (tertiary/aromatic N) is 1. The van der Waals surface area contributed by atoms with Gasteiger partial charge in [0.1, 0.15) is 6.61 Å².